The third-order valence-electron chi connectivity index (χ3n) is 6.58. The fourth-order valence-corrected chi connectivity index (χ4v) is 4.55. The fourth-order valence-electron chi connectivity index (χ4n) is 4.55. The topological polar surface area (TPSA) is 68.3 Å². The van der Waals surface area contributed by atoms with Gasteiger partial charge in [-0.2, -0.15) is 13.2 Å². The van der Waals surface area contributed by atoms with Gasteiger partial charge in [0.1, 0.15) is 5.75 Å². The summed E-state index contributed by atoms with van der Waals surface area (Å²) < 4.78 is 46.8. The van der Waals surface area contributed by atoms with E-state index in [-0.39, 0.29) is 34.6 Å². The number of hydrogen-bond acceptors (Lipinski definition) is 5. The monoisotopic (exact) mass is 554 g/mol. The second-order valence-corrected chi connectivity index (χ2v) is 9.35. The molecule has 1 N–H and O–H groups in total. The maximum absolute atomic E-state index is 13.9. The van der Waals surface area contributed by atoms with E-state index in [9.17, 15) is 22.8 Å². The molecule has 4 aromatic carbocycles. The average molecular weight is 555 g/mol. The summed E-state index contributed by atoms with van der Waals surface area (Å²) in [6, 6.07) is 26.7. The SMILES string of the molecule is CCC(=O)Oc1ccc(CNc2cccc(-c3c(C(=O)c4ccccc4)cnc4c(C(F)(F)F)cccc34)c2)cc1. The van der Waals surface area contributed by atoms with E-state index >= 15 is 0 Å². The smallest absolute Gasteiger partial charge is 0.418 e. The van der Waals surface area contributed by atoms with Crippen LogP contribution < -0.4 is 10.1 Å². The highest BCUT2D eigenvalue weighted by Crippen LogP contribution is 2.39. The van der Waals surface area contributed by atoms with Crippen molar-refractivity contribution in [2.75, 3.05) is 5.32 Å². The zero-order valence-corrected chi connectivity index (χ0v) is 22.0. The van der Waals surface area contributed by atoms with E-state index < -0.39 is 11.7 Å². The van der Waals surface area contributed by atoms with Crippen molar-refractivity contribution in [1.82, 2.24) is 4.98 Å². The number of pyridine rings is 1. The van der Waals surface area contributed by atoms with Crippen molar-refractivity contribution in [2.24, 2.45) is 0 Å². The van der Waals surface area contributed by atoms with Gasteiger partial charge >= 0.3 is 12.1 Å². The van der Waals surface area contributed by atoms with Crippen LogP contribution in [-0.4, -0.2) is 16.7 Å². The van der Waals surface area contributed by atoms with Gasteiger partial charge in [0, 0.05) is 46.9 Å². The Labute approximate surface area is 234 Å². The Morgan fingerprint density at radius 1 is 0.878 bits per heavy atom. The van der Waals surface area contributed by atoms with Gasteiger partial charge in [0.25, 0.3) is 0 Å². The molecule has 0 radical (unpaired) electrons. The van der Waals surface area contributed by atoms with Crippen molar-refractivity contribution in [3.05, 3.63) is 126 Å². The van der Waals surface area contributed by atoms with E-state index in [4.69, 9.17) is 4.74 Å². The molecule has 1 heterocycles. The molecule has 0 unspecified atom stereocenters. The van der Waals surface area contributed by atoms with Crippen LogP contribution in [-0.2, 0) is 17.5 Å². The number of para-hydroxylation sites is 1. The number of carbonyl (C=O) groups excluding carboxylic acids is 2. The van der Waals surface area contributed by atoms with E-state index in [1.165, 1.54) is 12.3 Å². The van der Waals surface area contributed by atoms with Crippen LogP contribution in [0.4, 0.5) is 18.9 Å². The van der Waals surface area contributed by atoms with Gasteiger partial charge in [-0.3, -0.25) is 14.6 Å². The number of hydrogen-bond donors (Lipinski definition) is 1. The quantitative estimate of drug-likeness (QED) is 0.119. The fraction of sp³-hybridized carbons (Fsp3) is 0.121. The first-order chi connectivity index (χ1) is 19.7. The third-order valence-corrected chi connectivity index (χ3v) is 6.58. The summed E-state index contributed by atoms with van der Waals surface area (Å²) in [6.07, 6.45) is -3.10. The van der Waals surface area contributed by atoms with E-state index in [2.05, 4.69) is 10.3 Å². The first kappa shape index (κ1) is 27.6. The molecule has 0 saturated heterocycles. The number of halogens is 3. The Morgan fingerprint density at radius 2 is 1.61 bits per heavy atom. The highest BCUT2D eigenvalue weighted by atomic mass is 19.4. The molecule has 0 spiro atoms. The molecule has 8 heteroatoms. The van der Waals surface area contributed by atoms with E-state index in [0.717, 1.165) is 11.6 Å². The number of aromatic nitrogens is 1. The van der Waals surface area contributed by atoms with Gasteiger partial charge in [-0.05, 0) is 41.5 Å². The minimum Gasteiger partial charge on any atom is -0.427 e. The molecule has 5 rings (SSSR count). The first-order valence-electron chi connectivity index (χ1n) is 13.0. The highest BCUT2D eigenvalue weighted by molar-refractivity contribution is 6.16. The molecule has 41 heavy (non-hydrogen) atoms. The molecule has 5 aromatic rings. The number of rotatable bonds is 8. The summed E-state index contributed by atoms with van der Waals surface area (Å²) in [5.41, 5.74) is 2.11. The number of nitrogens with zero attached hydrogens (tertiary/aromatic N) is 1. The molecule has 0 bridgehead atoms. The van der Waals surface area contributed by atoms with E-state index in [1.54, 1.807) is 73.7 Å². The maximum atomic E-state index is 13.9. The zero-order valence-electron chi connectivity index (χ0n) is 22.0. The van der Waals surface area contributed by atoms with Crippen molar-refractivity contribution < 1.29 is 27.5 Å². The average Bonchev–Trinajstić information content (AvgIpc) is 2.99. The normalized spacial score (nSPS) is 11.3. The van der Waals surface area contributed by atoms with Gasteiger partial charge in [0.05, 0.1) is 11.1 Å². The van der Waals surface area contributed by atoms with Crippen LogP contribution in [0.1, 0.15) is 40.4 Å². The first-order valence-corrected chi connectivity index (χ1v) is 13.0. The van der Waals surface area contributed by atoms with Gasteiger partial charge < -0.3 is 10.1 Å². The second kappa shape index (κ2) is 11.6. The van der Waals surface area contributed by atoms with Crippen molar-refractivity contribution in [2.45, 2.75) is 26.1 Å². The van der Waals surface area contributed by atoms with Crippen LogP contribution >= 0.6 is 0 Å². The summed E-state index contributed by atoms with van der Waals surface area (Å²) in [7, 11) is 0. The zero-order chi connectivity index (χ0) is 29.0. The van der Waals surface area contributed by atoms with Crippen molar-refractivity contribution in [3.63, 3.8) is 0 Å². The van der Waals surface area contributed by atoms with Crippen LogP contribution in [0.2, 0.25) is 0 Å². The van der Waals surface area contributed by atoms with Crippen molar-refractivity contribution in [1.29, 1.82) is 0 Å². The van der Waals surface area contributed by atoms with E-state index in [0.29, 0.717) is 34.7 Å². The Morgan fingerprint density at radius 3 is 2.32 bits per heavy atom. The van der Waals surface area contributed by atoms with Crippen LogP contribution in [0.5, 0.6) is 5.75 Å². The molecule has 0 fully saturated rings. The predicted molar refractivity (Wildman–Crippen MR) is 152 cm³/mol. The number of carbonyl (C=O) groups is 2. The number of esters is 1. The highest BCUT2D eigenvalue weighted by Gasteiger charge is 2.34. The van der Waals surface area contributed by atoms with E-state index in [1.807, 2.05) is 18.2 Å². The third kappa shape index (κ3) is 6.11. The van der Waals surface area contributed by atoms with Crippen molar-refractivity contribution in [3.8, 4) is 16.9 Å². The summed E-state index contributed by atoms with van der Waals surface area (Å²) in [5, 5.41) is 3.55. The van der Waals surface area contributed by atoms with Crippen LogP contribution in [0.25, 0.3) is 22.0 Å². The van der Waals surface area contributed by atoms with Gasteiger partial charge in [0.2, 0.25) is 0 Å². The Balaban J connectivity index is 1.53. The molecule has 5 nitrogen and oxygen atoms in total. The van der Waals surface area contributed by atoms with Crippen LogP contribution in [0.3, 0.4) is 0 Å². The maximum Gasteiger partial charge on any atom is 0.418 e. The summed E-state index contributed by atoms with van der Waals surface area (Å²) in [6.45, 7) is 2.16. The molecule has 0 aliphatic rings. The van der Waals surface area contributed by atoms with Crippen molar-refractivity contribution >= 4 is 28.3 Å². The molecule has 0 aliphatic heterocycles. The lowest BCUT2D eigenvalue weighted by Crippen LogP contribution is -2.09. The second-order valence-electron chi connectivity index (χ2n) is 9.35. The van der Waals surface area contributed by atoms with Gasteiger partial charge in [-0.25, -0.2) is 0 Å². The lowest BCUT2D eigenvalue weighted by Gasteiger charge is -2.17. The molecule has 0 saturated carbocycles. The molecule has 0 atom stereocenters. The molecule has 206 valence electrons. The minimum atomic E-state index is -4.61. The number of anilines is 1. The number of ether oxygens (including phenoxy) is 1. The number of fused-ring (bicyclic) bond motifs is 1. The van der Waals surface area contributed by atoms with Gasteiger partial charge in [-0.1, -0.05) is 73.7 Å². The summed E-state index contributed by atoms with van der Waals surface area (Å²) in [5.74, 6) is -0.195. The van der Waals surface area contributed by atoms with Gasteiger partial charge in [0.15, 0.2) is 5.78 Å². The standard InChI is InChI=1S/C33H25F3N2O3/c1-2-29(39)41-25-16-14-21(15-17-25)19-37-24-11-6-10-23(18-24)30-26-12-7-13-28(33(34,35)36)31(26)38-20-27(30)32(40)22-8-4-3-5-9-22/h3-18,20,37H,2,19H2,1H3. The number of benzene rings is 4. The van der Waals surface area contributed by atoms with Gasteiger partial charge in [-0.15, -0.1) is 0 Å². The Hall–Kier alpha value is -4.98. The largest absolute Gasteiger partial charge is 0.427 e. The molecule has 1 aromatic heterocycles. The summed E-state index contributed by atoms with van der Waals surface area (Å²) >= 11 is 0. The Kier molecular flexibility index (Phi) is 7.83. The molecular weight excluding hydrogens is 529 g/mol. The molecular formula is C33H25F3N2O3. The lowest BCUT2D eigenvalue weighted by atomic mass is 9.91. The Bertz CT molecular complexity index is 1720. The molecule has 0 amide bonds. The number of ketones is 1. The van der Waals surface area contributed by atoms with Crippen LogP contribution in [0.15, 0.2) is 103 Å². The molecule has 0 aliphatic carbocycles. The number of alkyl halides is 3. The number of nitrogens with one attached hydrogen (secondary N) is 1. The van der Waals surface area contributed by atoms with Crippen LogP contribution in [0, 0.1) is 0 Å². The predicted octanol–water partition coefficient (Wildman–Crippen LogP) is 8.08. The lowest BCUT2D eigenvalue weighted by molar-refractivity contribution is -0.136. The minimum absolute atomic E-state index is 0.206. The summed E-state index contributed by atoms with van der Waals surface area (Å²) in [4.78, 5) is 29.2.